The Labute approximate surface area is 88.6 Å². The number of rotatable bonds is 4. The smallest absolute Gasteiger partial charge is 0.0261 e. The molecule has 0 spiro atoms. The van der Waals surface area contributed by atoms with Crippen molar-refractivity contribution in [3.05, 3.63) is 0 Å². The molecular formula is C11H25N3. The minimum Gasteiger partial charge on any atom is -0.304 e. The number of piperazine rings is 1. The first-order valence-electron chi connectivity index (χ1n) is 5.85. The Morgan fingerprint density at radius 3 is 2.14 bits per heavy atom. The zero-order valence-electron chi connectivity index (χ0n) is 10.2. The summed E-state index contributed by atoms with van der Waals surface area (Å²) in [5.41, 5.74) is 0. The Bertz CT molecular complexity index is 151. The molecule has 0 N–H and O–H groups in total. The van der Waals surface area contributed by atoms with E-state index in [-0.39, 0.29) is 0 Å². The molecule has 1 aliphatic heterocycles. The predicted octanol–water partition coefficient (Wildman–Crippen LogP) is 1.27. The lowest BCUT2D eigenvalue weighted by Crippen LogP contribution is -2.55. The molecule has 0 amide bonds. The maximum Gasteiger partial charge on any atom is 0.0261 e. The number of likely N-dealkylation sites (N-methyl/N-ethyl adjacent to an activating group) is 1. The fourth-order valence-electron chi connectivity index (χ4n) is 2.01. The SMILES string of the molecule is CCCN(C(C)C)N1CCN(C)CC1. The first kappa shape index (κ1) is 12.0. The van der Waals surface area contributed by atoms with E-state index in [0.29, 0.717) is 6.04 Å². The lowest BCUT2D eigenvalue weighted by atomic mass is 10.3. The Kier molecular flexibility index (Phi) is 4.85. The highest BCUT2D eigenvalue weighted by Gasteiger charge is 2.21. The topological polar surface area (TPSA) is 9.72 Å². The molecule has 0 atom stereocenters. The van der Waals surface area contributed by atoms with E-state index in [1.165, 1.54) is 39.1 Å². The van der Waals surface area contributed by atoms with Gasteiger partial charge < -0.3 is 4.90 Å². The van der Waals surface area contributed by atoms with Crippen LogP contribution in [-0.4, -0.2) is 60.7 Å². The molecule has 0 aromatic rings. The Hall–Kier alpha value is -0.120. The van der Waals surface area contributed by atoms with Crippen LogP contribution in [0.25, 0.3) is 0 Å². The van der Waals surface area contributed by atoms with Crippen molar-refractivity contribution in [3.63, 3.8) is 0 Å². The zero-order valence-corrected chi connectivity index (χ0v) is 10.2. The maximum atomic E-state index is 2.52. The van der Waals surface area contributed by atoms with Crippen LogP contribution in [0, 0.1) is 0 Å². The first-order valence-corrected chi connectivity index (χ1v) is 5.85. The lowest BCUT2D eigenvalue weighted by molar-refractivity contribution is -0.0747. The summed E-state index contributed by atoms with van der Waals surface area (Å²) in [7, 11) is 2.21. The summed E-state index contributed by atoms with van der Waals surface area (Å²) in [6.07, 6.45) is 1.24. The van der Waals surface area contributed by atoms with Gasteiger partial charge in [-0.25, -0.2) is 10.0 Å². The molecule has 1 heterocycles. The molecule has 0 aromatic heterocycles. The third kappa shape index (κ3) is 3.23. The highest BCUT2D eigenvalue weighted by molar-refractivity contribution is 4.70. The fourth-order valence-corrected chi connectivity index (χ4v) is 2.01. The van der Waals surface area contributed by atoms with Gasteiger partial charge in [-0.3, -0.25) is 0 Å². The van der Waals surface area contributed by atoms with E-state index < -0.39 is 0 Å². The van der Waals surface area contributed by atoms with E-state index in [2.05, 4.69) is 42.7 Å². The molecule has 0 bridgehead atoms. The fraction of sp³-hybridized carbons (Fsp3) is 1.00. The van der Waals surface area contributed by atoms with Gasteiger partial charge in [0.25, 0.3) is 0 Å². The average molecular weight is 199 g/mol. The Morgan fingerprint density at radius 1 is 1.14 bits per heavy atom. The van der Waals surface area contributed by atoms with Crippen LogP contribution in [0.1, 0.15) is 27.2 Å². The van der Waals surface area contributed by atoms with Gasteiger partial charge in [0.05, 0.1) is 0 Å². The van der Waals surface area contributed by atoms with Crippen molar-refractivity contribution in [2.75, 3.05) is 39.8 Å². The minimum absolute atomic E-state index is 0.637. The summed E-state index contributed by atoms with van der Waals surface area (Å²) in [5.74, 6) is 0. The Balaban J connectivity index is 2.43. The van der Waals surface area contributed by atoms with Crippen LogP contribution in [0.4, 0.5) is 0 Å². The largest absolute Gasteiger partial charge is 0.304 e. The third-order valence-corrected chi connectivity index (χ3v) is 2.89. The lowest BCUT2D eigenvalue weighted by Gasteiger charge is -2.42. The number of hydrazine groups is 1. The quantitative estimate of drug-likeness (QED) is 0.675. The van der Waals surface area contributed by atoms with Gasteiger partial charge in [0.15, 0.2) is 0 Å². The molecule has 1 saturated heterocycles. The molecule has 84 valence electrons. The van der Waals surface area contributed by atoms with Crippen LogP contribution in [0.15, 0.2) is 0 Å². The predicted molar refractivity (Wildman–Crippen MR) is 61.2 cm³/mol. The van der Waals surface area contributed by atoms with Crippen molar-refractivity contribution < 1.29 is 0 Å². The van der Waals surface area contributed by atoms with Crippen molar-refractivity contribution >= 4 is 0 Å². The Morgan fingerprint density at radius 2 is 1.71 bits per heavy atom. The second kappa shape index (κ2) is 5.69. The van der Waals surface area contributed by atoms with Gasteiger partial charge in [0.1, 0.15) is 0 Å². The van der Waals surface area contributed by atoms with Crippen LogP contribution in [0.5, 0.6) is 0 Å². The standard InChI is InChI=1S/C11H25N3/c1-5-6-14(11(2)3)13-9-7-12(4)8-10-13/h11H,5-10H2,1-4H3. The van der Waals surface area contributed by atoms with E-state index in [0.717, 1.165) is 0 Å². The third-order valence-electron chi connectivity index (χ3n) is 2.89. The van der Waals surface area contributed by atoms with E-state index in [4.69, 9.17) is 0 Å². The van der Waals surface area contributed by atoms with Gasteiger partial charge in [-0.15, -0.1) is 0 Å². The molecule has 3 nitrogen and oxygen atoms in total. The van der Waals surface area contributed by atoms with Gasteiger partial charge in [0.2, 0.25) is 0 Å². The number of nitrogens with zero attached hydrogens (tertiary/aromatic N) is 3. The molecule has 1 aliphatic rings. The van der Waals surface area contributed by atoms with Gasteiger partial charge in [0, 0.05) is 38.8 Å². The van der Waals surface area contributed by atoms with Gasteiger partial charge in [-0.1, -0.05) is 6.92 Å². The summed E-state index contributed by atoms with van der Waals surface area (Å²) >= 11 is 0. The summed E-state index contributed by atoms with van der Waals surface area (Å²) in [5, 5.41) is 5.04. The van der Waals surface area contributed by atoms with Crippen LogP contribution in [0.3, 0.4) is 0 Å². The highest BCUT2D eigenvalue weighted by Crippen LogP contribution is 2.08. The maximum absolute atomic E-state index is 2.52. The molecule has 0 aliphatic carbocycles. The van der Waals surface area contributed by atoms with Crippen LogP contribution < -0.4 is 0 Å². The van der Waals surface area contributed by atoms with Crippen molar-refractivity contribution in [2.24, 2.45) is 0 Å². The average Bonchev–Trinajstić information content (AvgIpc) is 2.15. The first-order chi connectivity index (χ1) is 6.65. The molecule has 0 radical (unpaired) electrons. The second-order valence-corrected chi connectivity index (χ2v) is 4.51. The molecule has 14 heavy (non-hydrogen) atoms. The number of hydrogen-bond donors (Lipinski definition) is 0. The molecule has 3 heteroatoms. The monoisotopic (exact) mass is 199 g/mol. The van der Waals surface area contributed by atoms with E-state index in [1.807, 2.05) is 0 Å². The summed E-state index contributed by atoms with van der Waals surface area (Å²) in [6.45, 7) is 12.8. The molecular weight excluding hydrogens is 174 g/mol. The van der Waals surface area contributed by atoms with Crippen LogP contribution >= 0.6 is 0 Å². The molecule has 1 rings (SSSR count). The van der Waals surface area contributed by atoms with Crippen molar-refractivity contribution in [1.82, 2.24) is 14.9 Å². The highest BCUT2D eigenvalue weighted by atomic mass is 15.6. The van der Waals surface area contributed by atoms with E-state index in [9.17, 15) is 0 Å². The van der Waals surface area contributed by atoms with E-state index >= 15 is 0 Å². The van der Waals surface area contributed by atoms with Crippen LogP contribution in [0.2, 0.25) is 0 Å². The normalized spacial score (nSPS) is 21.0. The summed E-state index contributed by atoms with van der Waals surface area (Å²) in [6, 6.07) is 0.637. The molecule has 0 unspecified atom stereocenters. The van der Waals surface area contributed by atoms with Crippen molar-refractivity contribution in [1.29, 1.82) is 0 Å². The van der Waals surface area contributed by atoms with Gasteiger partial charge in [-0.05, 0) is 27.3 Å². The van der Waals surface area contributed by atoms with Crippen molar-refractivity contribution in [3.8, 4) is 0 Å². The summed E-state index contributed by atoms with van der Waals surface area (Å²) < 4.78 is 0. The zero-order chi connectivity index (χ0) is 10.6. The van der Waals surface area contributed by atoms with Crippen molar-refractivity contribution in [2.45, 2.75) is 33.2 Å². The van der Waals surface area contributed by atoms with Gasteiger partial charge in [-0.2, -0.15) is 0 Å². The van der Waals surface area contributed by atoms with Gasteiger partial charge >= 0.3 is 0 Å². The molecule has 1 fully saturated rings. The van der Waals surface area contributed by atoms with Crippen LogP contribution in [-0.2, 0) is 0 Å². The number of hydrogen-bond acceptors (Lipinski definition) is 3. The van der Waals surface area contributed by atoms with E-state index in [1.54, 1.807) is 0 Å². The molecule has 0 aromatic carbocycles. The molecule has 0 saturated carbocycles. The minimum atomic E-state index is 0.637. The second-order valence-electron chi connectivity index (χ2n) is 4.51. The summed E-state index contributed by atoms with van der Waals surface area (Å²) in [4.78, 5) is 2.40.